The maximum Gasteiger partial charge on any atom is 0.416 e. The Balaban J connectivity index is 1.74. The first-order chi connectivity index (χ1) is 14.3. The van der Waals surface area contributed by atoms with Gasteiger partial charge in [0.05, 0.1) is 12.1 Å². The summed E-state index contributed by atoms with van der Waals surface area (Å²) in [4.78, 5) is 28.2. The minimum absolute atomic E-state index is 0.0113. The predicted molar refractivity (Wildman–Crippen MR) is 99.0 cm³/mol. The molecular weight excluding hydrogens is 407 g/mol. The van der Waals surface area contributed by atoms with Gasteiger partial charge in [0.2, 0.25) is 5.91 Å². The Morgan fingerprint density at radius 2 is 2.13 bits per heavy atom. The first kappa shape index (κ1) is 19.9. The van der Waals surface area contributed by atoms with Crippen molar-refractivity contribution in [3.05, 3.63) is 24.1 Å². The van der Waals surface area contributed by atoms with E-state index in [1.165, 1.54) is 23.8 Å². The Morgan fingerprint density at radius 1 is 1.37 bits per heavy atom. The number of hydrogen-bond donors (Lipinski definition) is 2. The maximum atomic E-state index is 15.0. The number of imidazole rings is 1. The number of alkyl halides is 2. The molecule has 160 valence electrons. The number of benzene rings is 1. The summed E-state index contributed by atoms with van der Waals surface area (Å²) in [6.45, 7) is 1.46. The van der Waals surface area contributed by atoms with E-state index in [-0.39, 0.29) is 41.8 Å². The van der Waals surface area contributed by atoms with Crippen LogP contribution in [0.5, 0.6) is 5.75 Å². The molecule has 1 fully saturated rings. The number of primary amides is 1. The van der Waals surface area contributed by atoms with E-state index in [1.54, 1.807) is 0 Å². The number of ether oxygens (including phenoxy) is 2. The van der Waals surface area contributed by atoms with Gasteiger partial charge in [0.1, 0.15) is 42.7 Å². The number of rotatable bonds is 5. The molecule has 2 aliphatic rings. The Bertz CT molecular complexity index is 1010. The fourth-order valence-electron chi connectivity index (χ4n) is 3.34. The molecule has 0 spiro atoms. The molecule has 1 aromatic heterocycles. The number of nitrogens with zero attached hydrogens (tertiary/aromatic N) is 3. The number of carbonyl (C=O) groups is 2. The number of hydrogen-bond acceptors (Lipinski definition) is 6. The monoisotopic (exact) mass is 425 g/mol. The highest BCUT2D eigenvalue weighted by molar-refractivity contribution is 5.90. The van der Waals surface area contributed by atoms with Crippen LogP contribution in [0, 0.1) is 5.82 Å². The zero-order valence-corrected chi connectivity index (χ0v) is 15.8. The number of halogens is 3. The van der Waals surface area contributed by atoms with Crippen LogP contribution in [0.2, 0.25) is 0 Å². The van der Waals surface area contributed by atoms with Gasteiger partial charge < -0.3 is 25.1 Å². The molecule has 2 atom stereocenters. The van der Waals surface area contributed by atoms with Crippen molar-refractivity contribution in [1.82, 2.24) is 9.55 Å². The van der Waals surface area contributed by atoms with Gasteiger partial charge in [0.25, 0.3) is 6.43 Å². The van der Waals surface area contributed by atoms with Crippen molar-refractivity contribution in [2.75, 3.05) is 23.4 Å². The molecule has 30 heavy (non-hydrogen) atoms. The number of fused-ring (bicyclic) bond motifs is 3. The molecule has 0 bridgehead atoms. The highest BCUT2D eigenvalue weighted by atomic mass is 19.3. The molecule has 1 saturated heterocycles. The molecule has 9 nitrogen and oxygen atoms in total. The zero-order chi connectivity index (χ0) is 21.6. The van der Waals surface area contributed by atoms with Crippen LogP contribution in [0.15, 0.2) is 18.3 Å². The van der Waals surface area contributed by atoms with E-state index < -0.39 is 42.9 Å². The molecule has 0 radical (unpaired) electrons. The Kier molecular flexibility index (Phi) is 4.92. The highest BCUT2D eigenvalue weighted by Crippen LogP contribution is 2.39. The molecule has 0 unspecified atom stereocenters. The van der Waals surface area contributed by atoms with Gasteiger partial charge in [0, 0.05) is 18.0 Å². The van der Waals surface area contributed by atoms with E-state index in [4.69, 9.17) is 15.2 Å². The van der Waals surface area contributed by atoms with Crippen molar-refractivity contribution < 1.29 is 32.2 Å². The van der Waals surface area contributed by atoms with Crippen molar-refractivity contribution in [1.29, 1.82) is 0 Å². The van der Waals surface area contributed by atoms with Crippen molar-refractivity contribution in [2.45, 2.75) is 32.0 Å². The summed E-state index contributed by atoms with van der Waals surface area (Å²) in [5.74, 6) is -1.11. The normalized spacial score (nSPS) is 18.9. The number of nitrogens with two attached hydrogens (primary N) is 1. The molecule has 3 N–H and O–H groups in total. The van der Waals surface area contributed by atoms with Crippen LogP contribution in [0.4, 0.5) is 29.5 Å². The van der Waals surface area contributed by atoms with Crippen LogP contribution < -0.4 is 20.7 Å². The minimum atomic E-state index is -2.83. The smallest absolute Gasteiger partial charge is 0.416 e. The average molecular weight is 425 g/mol. The lowest BCUT2D eigenvalue weighted by Crippen LogP contribution is -2.38. The number of aromatic nitrogens is 2. The van der Waals surface area contributed by atoms with E-state index in [9.17, 15) is 22.8 Å². The van der Waals surface area contributed by atoms with Gasteiger partial charge >= 0.3 is 6.09 Å². The van der Waals surface area contributed by atoms with Crippen LogP contribution in [0.3, 0.4) is 0 Å². The third-order valence-electron chi connectivity index (χ3n) is 4.88. The quantitative estimate of drug-likeness (QED) is 0.758. The molecule has 0 aliphatic carbocycles. The highest BCUT2D eigenvalue weighted by Gasteiger charge is 2.42. The van der Waals surface area contributed by atoms with E-state index >= 15 is 0 Å². The molecule has 0 saturated carbocycles. The van der Waals surface area contributed by atoms with Crippen LogP contribution in [0.25, 0.3) is 11.4 Å². The number of nitrogens with one attached hydrogen (secondary N) is 1. The SMILES string of the molecule is C[C@H](Nc1cc(F)c2c(c1)OCCn1cc(N3C(=O)OC[C@H]3C(F)F)nc1-2)C(N)=O. The summed E-state index contributed by atoms with van der Waals surface area (Å²) in [5, 5.41) is 2.78. The Hall–Kier alpha value is -3.44. The molecular formula is C18H18F3N5O4. The van der Waals surface area contributed by atoms with Gasteiger partial charge in [0.15, 0.2) is 5.82 Å². The van der Waals surface area contributed by atoms with Gasteiger partial charge in [-0.05, 0) is 13.0 Å². The molecule has 3 heterocycles. The van der Waals surface area contributed by atoms with E-state index in [0.29, 0.717) is 0 Å². The third kappa shape index (κ3) is 3.37. The van der Waals surface area contributed by atoms with Gasteiger partial charge in [-0.2, -0.15) is 0 Å². The Labute approximate surface area is 168 Å². The predicted octanol–water partition coefficient (Wildman–Crippen LogP) is 1.96. The number of cyclic esters (lactones) is 1. The van der Waals surface area contributed by atoms with Crippen LogP contribution in [-0.2, 0) is 16.1 Å². The van der Waals surface area contributed by atoms with E-state index in [0.717, 1.165) is 11.0 Å². The Morgan fingerprint density at radius 3 is 2.83 bits per heavy atom. The topological polar surface area (TPSA) is 112 Å². The van der Waals surface area contributed by atoms with Gasteiger partial charge in [-0.15, -0.1) is 0 Å². The third-order valence-corrected chi connectivity index (χ3v) is 4.88. The minimum Gasteiger partial charge on any atom is -0.491 e. The summed E-state index contributed by atoms with van der Waals surface area (Å²) in [5.41, 5.74) is 5.51. The number of amides is 2. The maximum absolute atomic E-state index is 15.0. The second-order valence-electron chi connectivity index (χ2n) is 6.91. The second-order valence-corrected chi connectivity index (χ2v) is 6.91. The first-order valence-electron chi connectivity index (χ1n) is 9.10. The number of carbonyl (C=O) groups excluding carboxylic acids is 2. The first-order valence-corrected chi connectivity index (χ1v) is 9.10. The van der Waals surface area contributed by atoms with Crippen molar-refractivity contribution >= 4 is 23.5 Å². The van der Waals surface area contributed by atoms with Crippen LogP contribution in [-0.4, -0.2) is 53.3 Å². The average Bonchev–Trinajstić information content (AvgIpc) is 3.20. The molecule has 2 aromatic rings. The standard InChI is InChI=1S/C18H18F3N5O4/c1-8(16(22)27)23-9-4-10(19)14-12(5-9)29-3-2-25-6-13(24-17(14)25)26-11(15(20)21)7-30-18(26)28/h4-6,8,11,15,23H,2-3,7H2,1H3,(H2,22,27)/t8-,11-/m0/s1. The summed E-state index contributed by atoms with van der Waals surface area (Å²) in [6.07, 6.45) is -2.38. The zero-order valence-electron chi connectivity index (χ0n) is 15.8. The lowest BCUT2D eigenvalue weighted by molar-refractivity contribution is -0.118. The molecule has 2 amide bonds. The van der Waals surface area contributed by atoms with Gasteiger partial charge in [-0.3, -0.25) is 4.79 Å². The summed E-state index contributed by atoms with van der Waals surface area (Å²) >= 11 is 0. The summed E-state index contributed by atoms with van der Waals surface area (Å²) in [7, 11) is 0. The van der Waals surface area contributed by atoms with Crippen molar-refractivity contribution in [3.63, 3.8) is 0 Å². The molecule has 4 rings (SSSR count). The lowest BCUT2D eigenvalue weighted by atomic mass is 10.1. The van der Waals surface area contributed by atoms with Crippen molar-refractivity contribution in [2.24, 2.45) is 5.73 Å². The van der Waals surface area contributed by atoms with Gasteiger partial charge in [-0.25, -0.2) is 27.8 Å². The van der Waals surface area contributed by atoms with Crippen molar-refractivity contribution in [3.8, 4) is 17.1 Å². The molecule has 12 heteroatoms. The fourth-order valence-corrected chi connectivity index (χ4v) is 3.34. The summed E-state index contributed by atoms with van der Waals surface area (Å²) in [6, 6.07) is 0.430. The second kappa shape index (κ2) is 7.43. The molecule has 1 aromatic carbocycles. The van der Waals surface area contributed by atoms with E-state index in [1.807, 2.05) is 0 Å². The van der Waals surface area contributed by atoms with E-state index in [2.05, 4.69) is 10.3 Å². The van der Waals surface area contributed by atoms with Gasteiger partial charge in [-0.1, -0.05) is 0 Å². The fraction of sp³-hybridized carbons (Fsp3) is 0.389. The van der Waals surface area contributed by atoms with Crippen LogP contribution in [0.1, 0.15) is 6.92 Å². The number of anilines is 2. The molecule has 2 aliphatic heterocycles. The largest absolute Gasteiger partial charge is 0.491 e. The summed E-state index contributed by atoms with van der Waals surface area (Å²) < 4.78 is 53.4. The van der Waals surface area contributed by atoms with Crippen LogP contribution >= 0.6 is 0 Å². The lowest BCUT2D eigenvalue weighted by Gasteiger charge is -2.18.